The highest BCUT2D eigenvalue weighted by Crippen LogP contribution is 2.11. The van der Waals surface area contributed by atoms with E-state index in [4.69, 9.17) is 10.6 Å². The van der Waals surface area contributed by atoms with E-state index in [1.807, 2.05) is 5.38 Å². The van der Waals surface area contributed by atoms with Gasteiger partial charge in [-0.25, -0.2) is 4.98 Å². The van der Waals surface area contributed by atoms with Crippen LogP contribution in [0, 0.1) is 0 Å². The molecule has 1 heterocycles. The lowest BCUT2D eigenvalue weighted by Crippen LogP contribution is -2.27. The van der Waals surface area contributed by atoms with Gasteiger partial charge in [-0.05, 0) is 12.8 Å². The molecule has 0 aliphatic carbocycles. The van der Waals surface area contributed by atoms with E-state index in [-0.39, 0.29) is 0 Å². The summed E-state index contributed by atoms with van der Waals surface area (Å²) in [6, 6.07) is 0.422. The van der Waals surface area contributed by atoms with Crippen molar-refractivity contribution in [3.63, 3.8) is 0 Å². The summed E-state index contributed by atoms with van der Waals surface area (Å²) in [4.78, 5) is 9.41. The number of nitrogen functional groups attached to an aromatic ring is 1. The van der Waals surface area contributed by atoms with E-state index >= 15 is 0 Å². The summed E-state index contributed by atoms with van der Waals surface area (Å²) in [6.07, 6.45) is 2.13. The Hall–Kier alpha value is -0.650. The number of hydrogen-bond acceptors (Lipinski definition) is 5. The van der Waals surface area contributed by atoms with Crippen LogP contribution in [0.5, 0.6) is 0 Å². The molecule has 80 valence electrons. The van der Waals surface area contributed by atoms with Crippen molar-refractivity contribution in [2.24, 2.45) is 0 Å². The fourth-order valence-electron chi connectivity index (χ4n) is 1.08. The van der Waals surface area contributed by atoms with Crippen molar-refractivity contribution in [3.8, 4) is 0 Å². The van der Waals surface area contributed by atoms with Gasteiger partial charge in [-0.1, -0.05) is 13.8 Å². The lowest BCUT2D eigenvalue weighted by Gasteiger charge is -2.13. The van der Waals surface area contributed by atoms with Gasteiger partial charge in [0.1, 0.15) is 6.61 Å². The molecule has 14 heavy (non-hydrogen) atoms. The molecule has 1 rings (SSSR count). The second-order valence-corrected chi connectivity index (χ2v) is 3.99. The highest BCUT2D eigenvalue weighted by molar-refractivity contribution is 7.13. The summed E-state index contributed by atoms with van der Waals surface area (Å²) in [5.41, 5.74) is 9.38. The Balaban J connectivity index is 2.21. The van der Waals surface area contributed by atoms with Crippen molar-refractivity contribution < 1.29 is 4.84 Å². The predicted octanol–water partition coefficient (Wildman–Crippen LogP) is 1.94. The molecule has 1 aromatic rings. The maximum absolute atomic E-state index is 5.49. The molecule has 0 aliphatic rings. The molecule has 3 N–H and O–H groups in total. The van der Waals surface area contributed by atoms with Gasteiger partial charge in [0, 0.05) is 11.4 Å². The van der Waals surface area contributed by atoms with E-state index in [2.05, 4.69) is 24.3 Å². The van der Waals surface area contributed by atoms with Gasteiger partial charge < -0.3 is 5.73 Å². The summed E-state index contributed by atoms with van der Waals surface area (Å²) in [5.74, 6) is 0. The number of hydrogen-bond donors (Lipinski definition) is 2. The molecule has 0 fully saturated rings. The molecule has 5 heteroatoms. The topological polar surface area (TPSA) is 60.2 Å². The normalized spacial score (nSPS) is 11.1. The van der Waals surface area contributed by atoms with Crippen molar-refractivity contribution in [1.82, 2.24) is 10.5 Å². The van der Waals surface area contributed by atoms with Crippen LogP contribution in [0.25, 0.3) is 0 Å². The third kappa shape index (κ3) is 3.61. The molecule has 0 bridgehead atoms. The third-order valence-electron chi connectivity index (χ3n) is 2.03. The first kappa shape index (κ1) is 11.4. The van der Waals surface area contributed by atoms with Gasteiger partial charge in [-0.15, -0.1) is 11.3 Å². The van der Waals surface area contributed by atoms with Crippen LogP contribution in [0.1, 0.15) is 32.4 Å². The van der Waals surface area contributed by atoms with Gasteiger partial charge in [0.15, 0.2) is 5.13 Å². The summed E-state index contributed by atoms with van der Waals surface area (Å²) >= 11 is 1.43. The van der Waals surface area contributed by atoms with Crippen LogP contribution in [0.4, 0.5) is 5.13 Å². The monoisotopic (exact) mass is 215 g/mol. The van der Waals surface area contributed by atoms with Crippen LogP contribution in [-0.4, -0.2) is 11.0 Å². The lowest BCUT2D eigenvalue weighted by atomic mass is 10.2. The van der Waals surface area contributed by atoms with Crippen LogP contribution in [0.15, 0.2) is 5.38 Å². The first-order valence-corrected chi connectivity index (χ1v) is 5.71. The molecule has 0 amide bonds. The summed E-state index contributed by atoms with van der Waals surface area (Å²) < 4.78 is 0. The number of thiazole rings is 1. The second-order valence-electron chi connectivity index (χ2n) is 3.10. The van der Waals surface area contributed by atoms with Crippen molar-refractivity contribution in [3.05, 3.63) is 11.1 Å². The number of aromatic nitrogens is 1. The highest BCUT2D eigenvalue weighted by atomic mass is 32.1. The molecule has 0 radical (unpaired) electrons. The standard InChI is InChI=1S/C9H17N3OS/c1-3-7(4-2)12-13-5-8-6-14-9(10)11-8/h6-7,12H,3-5H2,1-2H3,(H2,10,11). The Labute approximate surface area is 88.4 Å². The Morgan fingerprint density at radius 2 is 2.29 bits per heavy atom. The maximum Gasteiger partial charge on any atom is 0.180 e. The van der Waals surface area contributed by atoms with E-state index < -0.39 is 0 Å². The lowest BCUT2D eigenvalue weighted by molar-refractivity contribution is 0.000541. The number of rotatable bonds is 6. The van der Waals surface area contributed by atoms with Gasteiger partial charge in [0.25, 0.3) is 0 Å². The molecule has 0 spiro atoms. The van der Waals surface area contributed by atoms with E-state index in [1.54, 1.807) is 0 Å². The van der Waals surface area contributed by atoms with Gasteiger partial charge in [-0.3, -0.25) is 4.84 Å². The van der Waals surface area contributed by atoms with E-state index in [0.29, 0.717) is 17.8 Å². The Morgan fingerprint density at radius 3 is 2.79 bits per heavy atom. The summed E-state index contributed by atoms with van der Waals surface area (Å²) in [5, 5.41) is 2.50. The zero-order valence-electron chi connectivity index (χ0n) is 8.62. The molecule has 0 atom stereocenters. The molecule has 0 saturated heterocycles. The molecular weight excluding hydrogens is 198 g/mol. The number of anilines is 1. The van der Waals surface area contributed by atoms with Crippen molar-refractivity contribution in [1.29, 1.82) is 0 Å². The minimum Gasteiger partial charge on any atom is -0.375 e. The fourth-order valence-corrected chi connectivity index (χ4v) is 1.63. The zero-order chi connectivity index (χ0) is 10.4. The zero-order valence-corrected chi connectivity index (χ0v) is 9.43. The summed E-state index contributed by atoms with van der Waals surface area (Å²) in [6.45, 7) is 4.74. The predicted molar refractivity (Wildman–Crippen MR) is 58.8 cm³/mol. The second kappa shape index (κ2) is 5.95. The molecule has 4 nitrogen and oxygen atoms in total. The average Bonchev–Trinajstić information content (AvgIpc) is 2.59. The number of nitrogens with one attached hydrogen (secondary N) is 1. The van der Waals surface area contributed by atoms with Crippen molar-refractivity contribution in [2.75, 3.05) is 5.73 Å². The van der Waals surface area contributed by atoms with Gasteiger partial charge >= 0.3 is 0 Å². The van der Waals surface area contributed by atoms with Crippen LogP contribution in [-0.2, 0) is 11.4 Å². The molecular formula is C9H17N3OS. The van der Waals surface area contributed by atoms with Crippen LogP contribution < -0.4 is 11.2 Å². The fraction of sp³-hybridized carbons (Fsp3) is 0.667. The number of nitrogens with zero attached hydrogens (tertiary/aromatic N) is 1. The number of hydroxylamine groups is 1. The largest absolute Gasteiger partial charge is 0.375 e. The molecule has 0 saturated carbocycles. The Kier molecular flexibility index (Phi) is 4.86. The van der Waals surface area contributed by atoms with E-state index in [1.165, 1.54) is 11.3 Å². The minimum absolute atomic E-state index is 0.422. The van der Waals surface area contributed by atoms with Crippen LogP contribution in [0.2, 0.25) is 0 Å². The molecule has 1 aromatic heterocycles. The van der Waals surface area contributed by atoms with Gasteiger partial charge in [-0.2, -0.15) is 5.48 Å². The highest BCUT2D eigenvalue weighted by Gasteiger charge is 2.03. The SMILES string of the molecule is CCC(CC)NOCc1csc(N)n1. The Morgan fingerprint density at radius 1 is 1.57 bits per heavy atom. The minimum atomic E-state index is 0.422. The number of nitrogens with two attached hydrogens (primary N) is 1. The van der Waals surface area contributed by atoms with E-state index in [9.17, 15) is 0 Å². The van der Waals surface area contributed by atoms with Crippen LogP contribution >= 0.6 is 11.3 Å². The average molecular weight is 215 g/mol. The first-order chi connectivity index (χ1) is 6.76. The van der Waals surface area contributed by atoms with Gasteiger partial charge in [0.2, 0.25) is 0 Å². The van der Waals surface area contributed by atoms with Crippen molar-refractivity contribution in [2.45, 2.75) is 39.3 Å². The van der Waals surface area contributed by atoms with Crippen molar-refractivity contribution >= 4 is 16.5 Å². The molecule has 0 unspecified atom stereocenters. The van der Waals surface area contributed by atoms with Crippen LogP contribution in [0.3, 0.4) is 0 Å². The Bertz CT molecular complexity index is 260. The van der Waals surface area contributed by atoms with Gasteiger partial charge in [0.05, 0.1) is 5.69 Å². The molecule has 0 aromatic carbocycles. The third-order valence-corrected chi connectivity index (χ3v) is 2.75. The smallest absolute Gasteiger partial charge is 0.180 e. The quantitative estimate of drug-likeness (QED) is 0.712. The van der Waals surface area contributed by atoms with E-state index in [0.717, 1.165) is 18.5 Å². The summed E-state index contributed by atoms with van der Waals surface area (Å²) in [7, 11) is 0. The first-order valence-electron chi connectivity index (χ1n) is 4.83. The maximum atomic E-state index is 5.49. The molecule has 0 aliphatic heterocycles.